The molecule has 0 unspecified atom stereocenters. The second-order valence-corrected chi connectivity index (χ2v) is 5.24. The first kappa shape index (κ1) is 14.0. The molecule has 4 heteroatoms. The van der Waals surface area contributed by atoms with Crippen LogP contribution in [0.3, 0.4) is 0 Å². The molecule has 0 saturated heterocycles. The van der Waals surface area contributed by atoms with Gasteiger partial charge >= 0.3 is 0 Å². The van der Waals surface area contributed by atoms with E-state index >= 15 is 0 Å². The molecular formula is C15H15BrFNO. The molecule has 2 aromatic rings. The van der Waals surface area contributed by atoms with Gasteiger partial charge in [0.15, 0.2) is 0 Å². The van der Waals surface area contributed by atoms with Crippen molar-refractivity contribution in [3.8, 4) is 5.75 Å². The molecule has 19 heavy (non-hydrogen) atoms. The molecule has 0 saturated carbocycles. The van der Waals surface area contributed by atoms with E-state index < -0.39 is 0 Å². The fourth-order valence-corrected chi connectivity index (χ4v) is 2.13. The average Bonchev–Trinajstić information content (AvgIpc) is 2.38. The van der Waals surface area contributed by atoms with Gasteiger partial charge in [-0.3, -0.25) is 0 Å². The number of ether oxygens (including phenoxy) is 1. The summed E-state index contributed by atoms with van der Waals surface area (Å²) in [6.45, 7) is 2.32. The van der Waals surface area contributed by atoms with Crippen LogP contribution in [-0.2, 0) is 6.61 Å². The van der Waals surface area contributed by atoms with Crippen LogP contribution in [0.15, 0.2) is 46.9 Å². The van der Waals surface area contributed by atoms with Crippen molar-refractivity contribution in [2.45, 2.75) is 19.6 Å². The van der Waals surface area contributed by atoms with Crippen molar-refractivity contribution in [3.63, 3.8) is 0 Å². The quantitative estimate of drug-likeness (QED) is 0.915. The molecule has 1 atom stereocenters. The van der Waals surface area contributed by atoms with Crippen LogP contribution >= 0.6 is 15.9 Å². The first-order valence-electron chi connectivity index (χ1n) is 5.98. The van der Waals surface area contributed by atoms with Gasteiger partial charge in [0, 0.05) is 16.1 Å². The Kier molecular flexibility index (Phi) is 4.56. The summed E-state index contributed by atoms with van der Waals surface area (Å²) in [6, 6.07) is 12.2. The van der Waals surface area contributed by atoms with Crippen LogP contribution in [0.25, 0.3) is 0 Å². The molecule has 2 rings (SSSR count). The van der Waals surface area contributed by atoms with Gasteiger partial charge in [-0.15, -0.1) is 0 Å². The van der Waals surface area contributed by atoms with Crippen molar-refractivity contribution in [2.75, 3.05) is 0 Å². The number of hydrogen-bond donors (Lipinski definition) is 1. The third kappa shape index (κ3) is 3.78. The lowest BCUT2D eigenvalue weighted by molar-refractivity contribution is 0.305. The Morgan fingerprint density at radius 2 is 1.89 bits per heavy atom. The van der Waals surface area contributed by atoms with Crippen molar-refractivity contribution in [1.29, 1.82) is 0 Å². The minimum absolute atomic E-state index is 0.0142. The van der Waals surface area contributed by atoms with Crippen LogP contribution in [0.2, 0.25) is 0 Å². The summed E-state index contributed by atoms with van der Waals surface area (Å²) in [4.78, 5) is 0. The molecular weight excluding hydrogens is 309 g/mol. The van der Waals surface area contributed by atoms with Crippen molar-refractivity contribution < 1.29 is 9.13 Å². The minimum atomic E-state index is -0.267. The zero-order chi connectivity index (χ0) is 13.8. The summed E-state index contributed by atoms with van der Waals surface area (Å²) >= 11 is 3.31. The Morgan fingerprint density at radius 3 is 2.47 bits per heavy atom. The number of hydrogen-bond acceptors (Lipinski definition) is 2. The minimum Gasteiger partial charge on any atom is -0.489 e. The Labute approximate surface area is 120 Å². The van der Waals surface area contributed by atoms with Crippen molar-refractivity contribution in [1.82, 2.24) is 0 Å². The zero-order valence-corrected chi connectivity index (χ0v) is 12.2. The molecule has 0 aliphatic rings. The summed E-state index contributed by atoms with van der Waals surface area (Å²) in [5.74, 6) is 0.498. The van der Waals surface area contributed by atoms with Gasteiger partial charge in [-0.25, -0.2) is 4.39 Å². The maximum atomic E-state index is 12.9. The van der Waals surface area contributed by atoms with Crippen LogP contribution in [-0.4, -0.2) is 0 Å². The van der Waals surface area contributed by atoms with Gasteiger partial charge in [-0.1, -0.05) is 34.1 Å². The van der Waals surface area contributed by atoms with Crippen LogP contribution in [0.1, 0.15) is 24.1 Å². The van der Waals surface area contributed by atoms with E-state index in [1.54, 1.807) is 6.07 Å². The third-order valence-electron chi connectivity index (χ3n) is 2.82. The molecule has 0 spiro atoms. The maximum Gasteiger partial charge on any atom is 0.124 e. The first-order valence-corrected chi connectivity index (χ1v) is 6.78. The second-order valence-electron chi connectivity index (χ2n) is 4.38. The molecule has 2 aromatic carbocycles. The average molecular weight is 324 g/mol. The number of halogens is 2. The van der Waals surface area contributed by atoms with Crippen LogP contribution in [0.4, 0.5) is 4.39 Å². The smallest absolute Gasteiger partial charge is 0.124 e. The SMILES string of the molecule is C[C@H](N)c1ccc(OCc2ccc(F)cc2Br)cc1. The predicted molar refractivity (Wildman–Crippen MR) is 77.5 cm³/mol. The summed E-state index contributed by atoms with van der Waals surface area (Å²) in [5.41, 5.74) is 7.75. The third-order valence-corrected chi connectivity index (χ3v) is 3.55. The van der Waals surface area contributed by atoms with Crippen LogP contribution in [0, 0.1) is 5.82 Å². The molecule has 0 aliphatic heterocycles. The van der Waals surface area contributed by atoms with Gasteiger partial charge in [-0.2, -0.15) is 0 Å². The maximum absolute atomic E-state index is 12.9. The molecule has 2 N–H and O–H groups in total. The Bertz CT molecular complexity index is 555. The predicted octanol–water partition coefficient (Wildman–Crippen LogP) is 4.19. The molecule has 0 aromatic heterocycles. The van der Waals surface area contributed by atoms with Gasteiger partial charge in [0.1, 0.15) is 18.2 Å². The summed E-state index contributed by atoms with van der Waals surface area (Å²) in [5, 5.41) is 0. The molecule has 0 amide bonds. The topological polar surface area (TPSA) is 35.2 Å². The molecule has 0 aliphatic carbocycles. The molecule has 2 nitrogen and oxygen atoms in total. The van der Waals surface area contributed by atoms with Gasteiger partial charge in [0.05, 0.1) is 0 Å². The number of rotatable bonds is 4. The van der Waals surface area contributed by atoms with Crippen LogP contribution < -0.4 is 10.5 Å². The van der Waals surface area contributed by atoms with E-state index in [1.807, 2.05) is 31.2 Å². The van der Waals surface area contributed by atoms with E-state index in [-0.39, 0.29) is 11.9 Å². The normalized spacial score (nSPS) is 12.2. The van der Waals surface area contributed by atoms with E-state index in [2.05, 4.69) is 15.9 Å². The second kappa shape index (κ2) is 6.17. The van der Waals surface area contributed by atoms with Crippen molar-refractivity contribution >= 4 is 15.9 Å². The van der Waals surface area contributed by atoms with E-state index in [1.165, 1.54) is 12.1 Å². The van der Waals surface area contributed by atoms with Crippen LogP contribution in [0.5, 0.6) is 5.75 Å². The van der Waals surface area contributed by atoms with Gasteiger partial charge < -0.3 is 10.5 Å². The monoisotopic (exact) mass is 323 g/mol. The molecule has 100 valence electrons. The molecule has 0 radical (unpaired) electrons. The Hall–Kier alpha value is -1.39. The lowest BCUT2D eigenvalue weighted by atomic mass is 10.1. The molecule has 0 fully saturated rings. The fraction of sp³-hybridized carbons (Fsp3) is 0.200. The van der Waals surface area contributed by atoms with E-state index in [0.29, 0.717) is 11.1 Å². The molecule has 0 heterocycles. The fourth-order valence-electron chi connectivity index (χ4n) is 1.67. The Morgan fingerprint density at radius 1 is 1.21 bits per heavy atom. The lowest BCUT2D eigenvalue weighted by Crippen LogP contribution is -2.04. The zero-order valence-electron chi connectivity index (χ0n) is 10.6. The summed E-state index contributed by atoms with van der Waals surface area (Å²) in [6.07, 6.45) is 0. The Balaban J connectivity index is 2.02. The summed E-state index contributed by atoms with van der Waals surface area (Å²) < 4.78 is 19.3. The number of benzene rings is 2. The van der Waals surface area contributed by atoms with E-state index in [9.17, 15) is 4.39 Å². The van der Waals surface area contributed by atoms with Crippen molar-refractivity contribution in [3.05, 3.63) is 63.9 Å². The van der Waals surface area contributed by atoms with Gasteiger partial charge in [-0.05, 0) is 36.8 Å². The van der Waals surface area contributed by atoms with Gasteiger partial charge in [0.2, 0.25) is 0 Å². The highest BCUT2D eigenvalue weighted by Gasteiger charge is 2.03. The lowest BCUT2D eigenvalue weighted by Gasteiger charge is -2.10. The van der Waals surface area contributed by atoms with Gasteiger partial charge in [0.25, 0.3) is 0 Å². The highest BCUT2D eigenvalue weighted by molar-refractivity contribution is 9.10. The summed E-state index contributed by atoms with van der Waals surface area (Å²) in [7, 11) is 0. The van der Waals surface area contributed by atoms with E-state index in [0.717, 1.165) is 16.9 Å². The number of nitrogens with two attached hydrogens (primary N) is 1. The highest BCUT2D eigenvalue weighted by atomic mass is 79.9. The first-order chi connectivity index (χ1) is 9.06. The van der Waals surface area contributed by atoms with E-state index in [4.69, 9.17) is 10.5 Å². The van der Waals surface area contributed by atoms with Crippen molar-refractivity contribution in [2.24, 2.45) is 5.73 Å². The largest absolute Gasteiger partial charge is 0.489 e. The highest BCUT2D eigenvalue weighted by Crippen LogP contribution is 2.21. The standard InChI is InChI=1S/C15H15BrFNO/c1-10(18)11-3-6-14(7-4-11)19-9-12-2-5-13(17)8-15(12)16/h2-8,10H,9,18H2,1H3/t10-/m0/s1. The molecule has 0 bridgehead atoms.